The fourth-order valence-corrected chi connectivity index (χ4v) is 1.80. The van der Waals surface area contributed by atoms with Gasteiger partial charge in [0.2, 0.25) is 0 Å². The maximum atomic E-state index is 12.7. The lowest BCUT2D eigenvalue weighted by Crippen LogP contribution is -2.18. The second kappa shape index (κ2) is 4.72. The van der Waals surface area contributed by atoms with Gasteiger partial charge in [-0.1, -0.05) is 26.8 Å². The van der Waals surface area contributed by atoms with Crippen LogP contribution in [0.3, 0.4) is 0 Å². The van der Waals surface area contributed by atoms with Crippen LogP contribution in [0.4, 0.5) is 26.3 Å². The van der Waals surface area contributed by atoms with E-state index >= 15 is 0 Å². The summed E-state index contributed by atoms with van der Waals surface area (Å²) >= 11 is 0. The van der Waals surface area contributed by atoms with Gasteiger partial charge in [0.05, 0.1) is 11.1 Å². The monoisotopic (exact) mass is 284 g/mol. The first-order chi connectivity index (χ1) is 8.31. The molecule has 0 saturated heterocycles. The summed E-state index contributed by atoms with van der Waals surface area (Å²) in [5.41, 5.74) is -3.32. The standard InChI is InChI=1S/C13H14F6/c1-11(2,3)7-8-4-5-9(12(14,15)16)10(6-8)13(17,18)19/h4-6H,7H2,1-3H3. The van der Waals surface area contributed by atoms with E-state index in [9.17, 15) is 26.3 Å². The Morgan fingerprint density at radius 3 is 1.63 bits per heavy atom. The maximum absolute atomic E-state index is 12.7. The molecule has 0 nitrogen and oxygen atoms in total. The van der Waals surface area contributed by atoms with Crippen LogP contribution >= 0.6 is 0 Å². The Labute approximate surface area is 107 Å². The third-order valence-electron chi connectivity index (χ3n) is 2.43. The normalized spacial score (nSPS) is 13.7. The fraction of sp³-hybridized carbons (Fsp3) is 0.538. The second-order valence-electron chi connectivity index (χ2n) is 5.61. The molecule has 6 heteroatoms. The lowest BCUT2D eigenvalue weighted by atomic mass is 9.87. The predicted molar refractivity (Wildman–Crippen MR) is 59.6 cm³/mol. The molecule has 0 aliphatic rings. The molecule has 0 aliphatic carbocycles. The van der Waals surface area contributed by atoms with Gasteiger partial charge in [-0.05, 0) is 29.5 Å². The van der Waals surface area contributed by atoms with Gasteiger partial charge in [0.1, 0.15) is 0 Å². The molecule has 19 heavy (non-hydrogen) atoms. The number of halogens is 6. The molecule has 0 aliphatic heterocycles. The van der Waals surface area contributed by atoms with Crippen molar-refractivity contribution in [2.45, 2.75) is 39.5 Å². The smallest absolute Gasteiger partial charge is 0.166 e. The van der Waals surface area contributed by atoms with Gasteiger partial charge >= 0.3 is 12.4 Å². The first-order valence-corrected chi connectivity index (χ1v) is 5.58. The van der Waals surface area contributed by atoms with E-state index in [0.29, 0.717) is 12.1 Å². The fourth-order valence-electron chi connectivity index (χ4n) is 1.80. The molecule has 0 fully saturated rings. The Morgan fingerprint density at radius 2 is 1.26 bits per heavy atom. The molecule has 0 radical (unpaired) electrons. The van der Waals surface area contributed by atoms with Crippen molar-refractivity contribution in [2.75, 3.05) is 0 Å². The predicted octanol–water partition coefficient (Wildman–Crippen LogP) is 5.31. The molecular weight excluding hydrogens is 270 g/mol. The minimum atomic E-state index is -5.02. The highest BCUT2D eigenvalue weighted by Gasteiger charge is 2.43. The minimum absolute atomic E-state index is 0.243. The Hall–Kier alpha value is -1.20. The van der Waals surface area contributed by atoms with E-state index in [0.717, 1.165) is 6.07 Å². The van der Waals surface area contributed by atoms with Crippen molar-refractivity contribution in [3.05, 3.63) is 34.9 Å². The molecule has 1 rings (SSSR count). The number of hydrogen-bond acceptors (Lipinski definition) is 0. The molecule has 0 heterocycles. The highest BCUT2D eigenvalue weighted by atomic mass is 19.4. The van der Waals surface area contributed by atoms with Crippen LogP contribution in [0.1, 0.15) is 37.5 Å². The SMILES string of the molecule is CC(C)(C)Cc1ccc(C(F)(F)F)c(C(F)(F)F)c1. The first kappa shape index (κ1) is 15.9. The van der Waals surface area contributed by atoms with E-state index in [1.807, 2.05) is 0 Å². The van der Waals surface area contributed by atoms with Gasteiger partial charge in [-0.3, -0.25) is 0 Å². The van der Waals surface area contributed by atoms with Gasteiger partial charge in [0.15, 0.2) is 0 Å². The lowest BCUT2D eigenvalue weighted by molar-refractivity contribution is -0.162. The average molecular weight is 284 g/mol. The Bertz CT molecular complexity index is 448. The van der Waals surface area contributed by atoms with Crippen molar-refractivity contribution >= 4 is 0 Å². The van der Waals surface area contributed by atoms with Gasteiger partial charge in [0, 0.05) is 0 Å². The Kier molecular flexibility index (Phi) is 3.94. The zero-order valence-corrected chi connectivity index (χ0v) is 10.7. The lowest BCUT2D eigenvalue weighted by Gasteiger charge is -2.21. The first-order valence-electron chi connectivity index (χ1n) is 5.58. The Morgan fingerprint density at radius 1 is 0.789 bits per heavy atom. The van der Waals surface area contributed by atoms with Crippen LogP contribution in [0, 0.1) is 5.41 Å². The summed E-state index contributed by atoms with van der Waals surface area (Å²) in [5.74, 6) is 0. The van der Waals surface area contributed by atoms with Gasteiger partial charge < -0.3 is 0 Å². The van der Waals surface area contributed by atoms with Gasteiger partial charge in [-0.25, -0.2) is 0 Å². The highest BCUT2D eigenvalue weighted by molar-refractivity contribution is 5.36. The summed E-state index contributed by atoms with van der Waals surface area (Å²) in [6.45, 7) is 5.41. The van der Waals surface area contributed by atoms with Gasteiger partial charge in [-0.2, -0.15) is 26.3 Å². The number of benzene rings is 1. The molecule has 0 unspecified atom stereocenters. The molecule has 0 N–H and O–H groups in total. The summed E-state index contributed by atoms with van der Waals surface area (Å²) in [7, 11) is 0. The molecule has 0 atom stereocenters. The van der Waals surface area contributed by atoms with Crippen molar-refractivity contribution in [3.8, 4) is 0 Å². The van der Waals surface area contributed by atoms with Crippen LogP contribution in [-0.2, 0) is 18.8 Å². The van der Waals surface area contributed by atoms with Crippen LogP contribution in [-0.4, -0.2) is 0 Å². The molecular formula is C13H14F6. The molecule has 0 aromatic heterocycles. The number of hydrogen-bond donors (Lipinski definition) is 0. The molecule has 0 saturated carbocycles. The third-order valence-corrected chi connectivity index (χ3v) is 2.43. The summed E-state index contributed by atoms with van der Waals surface area (Å²) in [6.07, 6.45) is -9.75. The van der Waals surface area contributed by atoms with Crippen LogP contribution in [0.5, 0.6) is 0 Å². The molecule has 108 valence electrons. The van der Waals surface area contributed by atoms with E-state index < -0.39 is 23.5 Å². The second-order valence-corrected chi connectivity index (χ2v) is 5.61. The maximum Gasteiger partial charge on any atom is 0.417 e. The molecule has 1 aromatic carbocycles. The zero-order chi connectivity index (χ0) is 15.1. The molecule has 1 aromatic rings. The molecule has 0 amide bonds. The van der Waals surface area contributed by atoms with E-state index in [-0.39, 0.29) is 17.4 Å². The van der Waals surface area contributed by atoms with Crippen LogP contribution in [0.15, 0.2) is 18.2 Å². The molecule has 0 bridgehead atoms. The average Bonchev–Trinajstić information content (AvgIpc) is 2.11. The number of alkyl halides is 6. The van der Waals surface area contributed by atoms with Crippen molar-refractivity contribution < 1.29 is 26.3 Å². The van der Waals surface area contributed by atoms with Gasteiger partial charge in [0.25, 0.3) is 0 Å². The third kappa shape index (κ3) is 4.44. The number of rotatable bonds is 1. The van der Waals surface area contributed by atoms with Crippen LogP contribution in [0.25, 0.3) is 0 Å². The van der Waals surface area contributed by atoms with Crippen LogP contribution in [0.2, 0.25) is 0 Å². The quantitative estimate of drug-likeness (QED) is 0.613. The van der Waals surface area contributed by atoms with Gasteiger partial charge in [-0.15, -0.1) is 0 Å². The highest BCUT2D eigenvalue weighted by Crippen LogP contribution is 2.41. The summed E-state index contributed by atoms with van der Waals surface area (Å²) in [4.78, 5) is 0. The summed E-state index contributed by atoms with van der Waals surface area (Å²) < 4.78 is 75.7. The zero-order valence-electron chi connectivity index (χ0n) is 10.7. The minimum Gasteiger partial charge on any atom is -0.166 e. The summed E-state index contributed by atoms with van der Waals surface area (Å²) in [5, 5.41) is 0. The van der Waals surface area contributed by atoms with Crippen LogP contribution < -0.4 is 0 Å². The topological polar surface area (TPSA) is 0 Å². The van der Waals surface area contributed by atoms with E-state index in [4.69, 9.17) is 0 Å². The Balaban J connectivity index is 3.33. The molecule has 0 spiro atoms. The van der Waals surface area contributed by atoms with E-state index in [2.05, 4.69) is 0 Å². The van der Waals surface area contributed by atoms with E-state index in [1.54, 1.807) is 20.8 Å². The summed E-state index contributed by atoms with van der Waals surface area (Å²) in [6, 6.07) is 2.20. The van der Waals surface area contributed by atoms with E-state index in [1.165, 1.54) is 0 Å². The largest absolute Gasteiger partial charge is 0.417 e. The van der Waals surface area contributed by atoms with Crippen molar-refractivity contribution in [1.29, 1.82) is 0 Å². The van der Waals surface area contributed by atoms with Crippen molar-refractivity contribution in [2.24, 2.45) is 5.41 Å². The van der Waals surface area contributed by atoms with Crippen molar-refractivity contribution in [1.82, 2.24) is 0 Å². The van der Waals surface area contributed by atoms with Crippen molar-refractivity contribution in [3.63, 3.8) is 0 Å².